The van der Waals surface area contributed by atoms with Crippen molar-refractivity contribution in [2.75, 3.05) is 26.6 Å². The normalized spacial score (nSPS) is 15.0. The molecule has 1 aliphatic rings. The second-order valence-corrected chi connectivity index (χ2v) is 7.19. The minimum atomic E-state index is -1.23. The highest BCUT2D eigenvalue weighted by molar-refractivity contribution is 6.04. The van der Waals surface area contributed by atoms with Crippen molar-refractivity contribution in [3.63, 3.8) is 0 Å². The second kappa shape index (κ2) is 8.26. The number of nitrogens with one attached hydrogen (secondary N) is 1. The molecule has 0 aliphatic carbocycles. The first-order chi connectivity index (χ1) is 15.4. The number of carbonyl (C=O) groups is 2. The van der Waals surface area contributed by atoms with Gasteiger partial charge in [0.1, 0.15) is 11.4 Å². The molecule has 2 aromatic carbocycles. The van der Waals surface area contributed by atoms with Crippen LogP contribution in [0.3, 0.4) is 0 Å². The topological polar surface area (TPSA) is 99.0 Å². The SMILES string of the molecule is COc1cc([C@@H]2CC(=O)Nc3c(C(=O)O)cn(-c4ccccc4F)c32)cc(OC)c1OC. The summed E-state index contributed by atoms with van der Waals surface area (Å²) in [4.78, 5) is 24.5. The average Bonchev–Trinajstić information content (AvgIpc) is 3.17. The predicted molar refractivity (Wildman–Crippen MR) is 114 cm³/mol. The lowest BCUT2D eigenvalue weighted by Gasteiger charge is -2.27. The van der Waals surface area contributed by atoms with Crippen LogP contribution in [0, 0.1) is 5.82 Å². The molecule has 1 amide bonds. The van der Waals surface area contributed by atoms with E-state index in [9.17, 15) is 19.1 Å². The smallest absolute Gasteiger partial charge is 0.339 e. The number of carbonyl (C=O) groups excluding carboxylic acids is 1. The van der Waals surface area contributed by atoms with Gasteiger partial charge in [0, 0.05) is 18.5 Å². The first kappa shape index (κ1) is 21.2. The molecule has 1 aromatic heterocycles. The number of benzene rings is 2. The Kier molecular flexibility index (Phi) is 5.48. The Morgan fingerprint density at radius 2 is 1.78 bits per heavy atom. The van der Waals surface area contributed by atoms with E-state index in [1.165, 1.54) is 38.2 Å². The van der Waals surface area contributed by atoms with Gasteiger partial charge in [-0.3, -0.25) is 4.79 Å². The van der Waals surface area contributed by atoms with Crippen LogP contribution >= 0.6 is 0 Å². The minimum absolute atomic E-state index is 0.0170. The number of carboxylic acid groups (broad SMARTS) is 1. The van der Waals surface area contributed by atoms with Gasteiger partial charge in [-0.25, -0.2) is 9.18 Å². The van der Waals surface area contributed by atoms with Gasteiger partial charge in [-0.05, 0) is 29.8 Å². The molecular formula is C23H21FN2O6. The van der Waals surface area contributed by atoms with Crippen LogP contribution in [0.4, 0.5) is 10.1 Å². The van der Waals surface area contributed by atoms with E-state index in [0.717, 1.165) is 0 Å². The molecule has 0 bridgehead atoms. The lowest BCUT2D eigenvalue weighted by atomic mass is 9.87. The number of ether oxygens (including phenoxy) is 3. The summed E-state index contributed by atoms with van der Waals surface area (Å²) in [6.45, 7) is 0. The highest BCUT2D eigenvalue weighted by Crippen LogP contribution is 2.46. The first-order valence-electron chi connectivity index (χ1n) is 9.72. The number of carboxylic acids is 1. The van der Waals surface area contributed by atoms with Crippen LogP contribution in [0.15, 0.2) is 42.6 Å². The molecular weight excluding hydrogens is 419 g/mol. The van der Waals surface area contributed by atoms with Gasteiger partial charge in [0.05, 0.1) is 38.4 Å². The Hall–Kier alpha value is -4.01. The van der Waals surface area contributed by atoms with E-state index in [0.29, 0.717) is 28.5 Å². The molecule has 0 fully saturated rings. The van der Waals surface area contributed by atoms with E-state index in [1.54, 1.807) is 30.3 Å². The lowest BCUT2D eigenvalue weighted by Crippen LogP contribution is -2.25. The number of aromatic nitrogens is 1. The van der Waals surface area contributed by atoms with Crippen molar-refractivity contribution in [1.82, 2.24) is 4.57 Å². The van der Waals surface area contributed by atoms with Crippen molar-refractivity contribution >= 4 is 17.6 Å². The van der Waals surface area contributed by atoms with Crippen LogP contribution < -0.4 is 19.5 Å². The molecule has 0 saturated heterocycles. The molecule has 1 atom stereocenters. The van der Waals surface area contributed by atoms with Crippen molar-refractivity contribution in [1.29, 1.82) is 0 Å². The number of amides is 1. The maximum atomic E-state index is 14.7. The third kappa shape index (κ3) is 3.41. The number of rotatable bonds is 6. The summed E-state index contributed by atoms with van der Waals surface area (Å²) in [5.41, 5.74) is 1.25. The first-order valence-corrected chi connectivity index (χ1v) is 9.72. The van der Waals surface area contributed by atoms with Gasteiger partial charge in [0.15, 0.2) is 11.5 Å². The second-order valence-electron chi connectivity index (χ2n) is 7.19. The lowest BCUT2D eigenvalue weighted by molar-refractivity contribution is -0.116. The Bertz CT molecular complexity index is 1190. The zero-order valence-electron chi connectivity index (χ0n) is 17.6. The van der Waals surface area contributed by atoms with Crippen LogP contribution in [0.2, 0.25) is 0 Å². The zero-order valence-corrected chi connectivity index (χ0v) is 17.6. The van der Waals surface area contributed by atoms with Gasteiger partial charge in [-0.2, -0.15) is 0 Å². The van der Waals surface area contributed by atoms with Crippen molar-refractivity contribution in [2.45, 2.75) is 12.3 Å². The maximum absolute atomic E-state index is 14.7. The molecule has 0 unspecified atom stereocenters. The van der Waals surface area contributed by atoms with E-state index in [-0.39, 0.29) is 29.3 Å². The van der Waals surface area contributed by atoms with Crippen LogP contribution in [-0.4, -0.2) is 42.9 Å². The van der Waals surface area contributed by atoms with Crippen LogP contribution in [0.5, 0.6) is 17.2 Å². The molecule has 9 heteroatoms. The largest absolute Gasteiger partial charge is 0.493 e. The van der Waals surface area contributed by atoms with Gasteiger partial charge < -0.3 is 29.2 Å². The number of para-hydroxylation sites is 1. The molecule has 8 nitrogen and oxygen atoms in total. The quantitative estimate of drug-likeness (QED) is 0.605. The number of fused-ring (bicyclic) bond motifs is 1. The van der Waals surface area contributed by atoms with Crippen LogP contribution in [0.25, 0.3) is 5.69 Å². The standard InChI is InChI=1S/C23H21FN2O6/c1-30-17-8-12(9-18(31-2)22(17)32-3)13-10-19(27)25-20-14(23(28)29)11-26(21(13)20)16-7-5-4-6-15(16)24/h4-9,11,13H,10H2,1-3H3,(H,25,27)(H,28,29)/t13-/m0/s1. The van der Waals surface area contributed by atoms with Gasteiger partial charge in [-0.15, -0.1) is 0 Å². The van der Waals surface area contributed by atoms with Crippen molar-refractivity contribution in [2.24, 2.45) is 0 Å². The number of nitrogens with zero attached hydrogens (tertiary/aromatic N) is 1. The van der Waals surface area contributed by atoms with Gasteiger partial charge in [0.25, 0.3) is 0 Å². The predicted octanol–water partition coefficient (Wildman–Crippen LogP) is 3.81. The molecule has 32 heavy (non-hydrogen) atoms. The van der Waals surface area contributed by atoms with Gasteiger partial charge >= 0.3 is 5.97 Å². The van der Waals surface area contributed by atoms with Crippen molar-refractivity contribution in [3.05, 3.63) is 65.2 Å². The maximum Gasteiger partial charge on any atom is 0.339 e. The summed E-state index contributed by atoms with van der Waals surface area (Å²) < 4.78 is 32.4. The van der Waals surface area contributed by atoms with E-state index in [1.807, 2.05) is 0 Å². The zero-order chi connectivity index (χ0) is 23.0. The monoisotopic (exact) mass is 440 g/mol. The van der Waals surface area contributed by atoms with Crippen molar-refractivity contribution in [3.8, 4) is 22.9 Å². The molecule has 3 aromatic rings. The molecule has 166 valence electrons. The fourth-order valence-corrected chi connectivity index (χ4v) is 4.05. The van der Waals surface area contributed by atoms with E-state index >= 15 is 0 Å². The highest BCUT2D eigenvalue weighted by Gasteiger charge is 2.35. The Labute approximate surface area is 183 Å². The number of anilines is 1. The number of aromatic carboxylic acids is 1. The van der Waals surface area contributed by atoms with Crippen molar-refractivity contribution < 1.29 is 33.3 Å². The van der Waals surface area contributed by atoms with Gasteiger partial charge in [0.2, 0.25) is 11.7 Å². The number of halogens is 1. The molecule has 0 radical (unpaired) electrons. The van der Waals surface area contributed by atoms with Gasteiger partial charge in [-0.1, -0.05) is 12.1 Å². The number of hydrogen-bond donors (Lipinski definition) is 2. The Balaban J connectivity index is 2.00. The summed E-state index contributed by atoms with van der Waals surface area (Å²) in [5.74, 6) is -1.56. The summed E-state index contributed by atoms with van der Waals surface area (Å²) >= 11 is 0. The summed E-state index contributed by atoms with van der Waals surface area (Å²) in [5, 5.41) is 12.4. The van der Waals surface area contributed by atoms with E-state index < -0.39 is 17.7 Å². The van der Waals surface area contributed by atoms with E-state index in [2.05, 4.69) is 5.32 Å². The number of hydrogen-bond acceptors (Lipinski definition) is 5. The van der Waals surface area contributed by atoms with Crippen LogP contribution in [0.1, 0.15) is 34.0 Å². The minimum Gasteiger partial charge on any atom is -0.493 e. The molecule has 2 heterocycles. The average molecular weight is 440 g/mol. The molecule has 4 rings (SSSR count). The summed E-state index contributed by atoms with van der Waals surface area (Å²) in [7, 11) is 4.43. The Morgan fingerprint density at radius 1 is 1.12 bits per heavy atom. The fraction of sp³-hybridized carbons (Fsp3) is 0.217. The fourth-order valence-electron chi connectivity index (χ4n) is 4.05. The van der Waals surface area contributed by atoms with E-state index in [4.69, 9.17) is 14.2 Å². The molecule has 0 saturated carbocycles. The molecule has 0 spiro atoms. The third-order valence-electron chi connectivity index (χ3n) is 5.46. The summed E-state index contributed by atoms with van der Waals surface area (Å²) in [6, 6.07) is 9.44. The summed E-state index contributed by atoms with van der Waals surface area (Å²) in [6.07, 6.45) is 1.34. The third-order valence-corrected chi connectivity index (χ3v) is 5.46. The van der Waals surface area contributed by atoms with Crippen LogP contribution in [-0.2, 0) is 4.79 Å². The molecule has 1 aliphatic heterocycles. The highest BCUT2D eigenvalue weighted by atomic mass is 19.1. The molecule has 2 N–H and O–H groups in total. The Morgan fingerprint density at radius 3 is 2.34 bits per heavy atom. The number of methoxy groups -OCH3 is 3.